The molecule has 0 aromatic heterocycles. The summed E-state index contributed by atoms with van der Waals surface area (Å²) in [6, 6.07) is 9.89. The fourth-order valence-corrected chi connectivity index (χ4v) is 2.23. The van der Waals surface area contributed by atoms with Gasteiger partial charge in [-0.05, 0) is 42.7 Å². The van der Waals surface area contributed by atoms with E-state index in [1.54, 1.807) is 18.2 Å². The van der Waals surface area contributed by atoms with Gasteiger partial charge in [0.05, 0.1) is 5.02 Å². The molecule has 0 bridgehead atoms. The molecule has 0 heterocycles. The Kier molecular flexibility index (Phi) is 5.45. The second-order valence-corrected chi connectivity index (χ2v) is 5.62. The highest BCUT2D eigenvalue weighted by Crippen LogP contribution is 2.32. The van der Waals surface area contributed by atoms with Gasteiger partial charge in [0.1, 0.15) is 5.75 Å². The molecule has 2 aromatic carbocycles. The van der Waals surface area contributed by atoms with E-state index in [2.05, 4.69) is 0 Å². The van der Waals surface area contributed by atoms with Crippen LogP contribution in [0.2, 0.25) is 10.0 Å². The lowest BCUT2D eigenvalue weighted by atomic mass is 10.0. The summed E-state index contributed by atoms with van der Waals surface area (Å²) in [5.74, 6) is -0.0338. The summed E-state index contributed by atoms with van der Waals surface area (Å²) in [6.45, 7) is 2.01. The highest BCUT2D eigenvalue weighted by molar-refractivity contribution is 6.31. The van der Waals surface area contributed by atoms with Gasteiger partial charge in [-0.15, -0.1) is 0 Å². The third kappa shape index (κ3) is 4.10. The largest absolute Gasteiger partial charge is 0.454 e. The smallest absolute Gasteiger partial charge is 0.184 e. The SMILES string of the molecule is CCC(N)Cc1ccc(Cl)cc1Oc1cccc(Cl)c1F. The summed E-state index contributed by atoms with van der Waals surface area (Å²) in [5.41, 5.74) is 6.86. The van der Waals surface area contributed by atoms with E-state index in [-0.39, 0.29) is 16.8 Å². The maximum Gasteiger partial charge on any atom is 0.184 e. The normalized spacial score (nSPS) is 12.2. The van der Waals surface area contributed by atoms with Crippen LogP contribution < -0.4 is 10.5 Å². The summed E-state index contributed by atoms with van der Waals surface area (Å²) in [4.78, 5) is 0. The van der Waals surface area contributed by atoms with Crippen molar-refractivity contribution < 1.29 is 9.13 Å². The number of benzene rings is 2. The van der Waals surface area contributed by atoms with Gasteiger partial charge in [0.15, 0.2) is 11.6 Å². The average Bonchev–Trinajstić information content (AvgIpc) is 2.46. The molecule has 2 nitrogen and oxygen atoms in total. The zero-order chi connectivity index (χ0) is 15.4. The molecule has 2 N–H and O–H groups in total. The van der Waals surface area contributed by atoms with E-state index in [4.69, 9.17) is 33.7 Å². The van der Waals surface area contributed by atoms with Gasteiger partial charge in [-0.3, -0.25) is 0 Å². The van der Waals surface area contributed by atoms with E-state index in [1.807, 2.05) is 13.0 Å². The molecule has 21 heavy (non-hydrogen) atoms. The molecule has 0 aliphatic rings. The molecule has 0 saturated carbocycles. The van der Waals surface area contributed by atoms with Gasteiger partial charge in [0.25, 0.3) is 0 Å². The minimum Gasteiger partial charge on any atom is -0.454 e. The minimum absolute atomic E-state index is 0.0118. The first-order valence-electron chi connectivity index (χ1n) is 6.67. The molecule has 1 atom stereocenters. The Balaban J connectivity index is 2.34. The highest BCUT2D eigenvalue weighted by Gasteiger charge is 2.13. The number of hydrogen-bond donors (Lipinski definition) is 1. The van der Waals surface area contributed by atoms with Gasteiger partial charge in [0, 0.05) is 11.1 Å². The number of halogens is 3. The standard InChI is InChI=1S/C16H16Cl2FNO/c1-2-12(20)8-10-6-7-11(17)9-15(10)21-14-5-3-4-13(18)16(14)19/h3-7,9,12H,2,8,20H2,1H3. The topological polar surface area (TPSA) is 35.2 Å². The lowest BCUT2D eigenvalue weighted by Gasteiger charge is -2.15. The van der Waals surface area contributed by atoms with Crippen molar-refractivity contribution in [3.05, 3.63) is 57.8 Å². The molecule has 0 saturated heterocycles. The van der Waals surface area contributed by atoms with Gasteiger partial charge < -0.3 is 10.5 Å². The summed E-state index contributed by atoms with van der Waals surface area (Å²) in [7, 11) is 0. The third-order valence-electron chi connectivity index (χ3n) is 3.17. The quantitative estimate of drug-likeness (QED) is 0.818. The first-order valence-corrected chi connectivity index (χ1v) is 7.42. The highest BCUT2D eigenvalue weighted by atomic mass is 35.5. The Hall–Kier alpha value is -1.29. The van der Waals surface area contributed by atoms with Crippen LogP contribution in [0, 0.1) is 5.82 Å². The lowest BCUT2D eigenvalue weighted by molar-refractivity contribution is 0.435. The van der Waals surface area contributed by atoms with Gasteiger partial charge in [0.2, 0.25) is 0 Å². The van der Waals surface area contributed by atoms with Gasteiger partial charge >= 0.3 is 0 Å². The molecule has 2 rings (SSSR count). The fraction of sp³-hybridized carbons (Fsp3) is 0.250. The van der Waals surface area contributed by atoms with Crippen molar-refractivity contribution in [3.8, 4) is 11.5 Å². The molecule has 0 spiro atoms. The van der Waals surface area contributed by atoms with Crippen molar-refractivity contribution in [2.75, 3.05) is 0 Å². The van der Waals surface area contributed by atoms with Crippen molar-refractivity contribution in [1.29, 1.82) is 0 Å². The summed E-state index contributed by atoms with van der Waals surface area (Å²) < 4.78 is 19.6. The van der Waals surface area contributed by atoms with E-state index in [1.165, 1.54) is 12.1 Å². The summed E-state index contributed by atoms with van der Waals surface area (Å²) in [6.07, 6.45) is 1.47. The van der Waals surface area contributed by atoms with E-state index in [0.717, 1.165) is 12.0 Å². The van der Waals surface area contributed by atoms with Crippen LogP contribution in [-0.4, -0.2) is 6.04 Å². The lowest BCUT2D eigenvalue weighted by Crippen LogP contribution is -2.21. The van der Waals surface area contributed by atoms with Gasteiger partial charge in [-0.2, -0.15) is 0 Å². The molecule has 0 radical (unpaired) electrons. The Morgan fingerprint density at radius 3 is 2.67 bits per heavy atom. The Bertz CT molecular complexity index is 634. The number of hydrogen-bond acceptors (Lipinski definition) is 2. The van der Waals surface area contributed by atoms with Crippen LogP contribution in [0.3, 0.4) is 0 Å². The molecule has 2 aromatic rings. The molecule has 0 aliphatic carbocycles. The zero-order valence-electron chi connectivity index (χ0n) is 11.6. The monoisotopic (exact) mass is 327 g/mol. The summed E-state index contributed by atoms with van der Waals surface area (Å²) >= 11 is 11.8. The molecular weight excluding hydrogens is 312 g/mol. The second kappa shape index (κ2) is 7.12. The van der Waals surface area contributed by atoms with E-state index in [9.17, 15) is 4.39 Å². The molecule has 0 fully saturated rings. The van der Waals surface area contributed by atoms with Crippen LogP contribution in [0.15, 0.2) is 36.4 Å². The molecule has 1 unspecified atom stereocenters. The van der Waals surface area contributed by atoms with Crippen LogP contribution in [0.25, 0.3) is 0 Å². The van der Waals surface area contributed by atoms with Crippen molar-refractivity contribution in [2.24, 2.45) is 5.73 Å². The third-order valence-corrected chi connectivity index (χ3v) is 3.70. The fourth-order valence-electron chi connectivity index (χ4n) is 1.90. The van der Waals surface area contributed by atoms with Crippen molar-refractivity contribution in [2.45, 2.75) is 25.8 Å². The van der Waals surface area contributed by atoms with Crippen LogP contribution in [0.1, 0.15) is 18.9 Å². The Morgan fingerprint density at radius 2 is 1.95 bits per heavy atom. The van der Waals surface area contributed by atoms with E-state index >= 15 is 0 Å². The summed E-state index contributed by atoms with van der Waals surface area (Å²) in [5, 5.41) is 0.530. The predicted molar refractivity (Wildman–Crippen MR) is 84.9 cm³/mol. The Labute approximate surface area is 133 Å². The van der Waals surface area contributed by atoms with Gasteiger partial charge in [-0.1, -0.05) is 42.3 Å². The zero-order valence-corrected chi connectivity index (χ0v) is 13.1. The first kappa shape index (κ1) is 16.1. The molecular formula is C16H16Cl2FNO. The minimum atomic E-state index is -0.593. The molecule has 0 aliphatic heterocycles. The van der Waals surface area contributed by atoms with Crippen LogP contribution in [-0.2, 0) is 6.42 Å². The van der Waals surface area contributed by atoms with Crippen molar-refractivity contribution >= 4 is 23.2 Å². The maximum atomic E-state index is 13.9. The van der Waals surface area contributed by atoms with Crippen LogP contribution >= 0.6 is 23.2 Å². The number of ether oxygens (including phenoxy) is 1. The molecule has 5 heteroatoms. The van der Waals surface area contributed by atoms with Crippen LogP contribution in [0.5, 0.6) is 11.5 Å². The van der Waals surface area contributed by atoms with E-state index < -0.39 is 5.82 Å². The first-order chi connectivity index (χ1) is 10.0. The van der Waals surface area contributed by atoms with Crippen LogP contribution in [0.4, 0.5) is 4.39 Å². The van der Waals surface area contributed by atoms with E-state index in [0.29, 0.717) is 17.2 Å². The average molecular weight is 328 g/mol. The van der Waals surface area contributed by atoms with Gasteiger partial charge in [-0.25, -0.2) is 4.39 Å². The van der Waals surface area contributed by atoms with Crippen molar-refractivity contribution in [3.63, 3.8) is 0 Å². The number of nitrogens with two attached hydrogens (primary N) is 1. The molecule has 0 amide bonds. The van der Waals surface area contributed by atoms with Crippen molar-refractivity contribution in [1.82, 2.24) is 0 Å². The maximum absolute atomic E-state index is 13.9. The molecule has 112 valence electrons. The second-order valence-electron chi connectivity index (χ2n) is 4.78. The predicted octanol–water partition coefficient (Wildman–Crippen LogP) is 5.20. The Morgan fingerprint density at radius 1 is 1.19 bits per heavy atom. The number of rotatable bonds is 5.